The van der Waals surface area contributed by atoms with Gasteiger partial charge in [-0.15, -0.1) is 0 Å². The Hall–Kier alpha value is -2.10. The number of benzene rings is 1. The predicted molar refractivity (Wildman–Crippen MR) is 66.1 cm³/mol. The Morgan fingerprint density at radius 2 is 2.22 bits per heavy atom. The van der Waals surface area contributed by atoms with Crippen LogP contribution in [0.25, 0.3) is 0 Å². The van der Waals surface area contributed by atoms with Gasteiger partial charge in [-0.1, -0.05) is 29.4 Å². The summed E-state index contributed by atoms with van der Waals surface area (Å²) in [6.07, 6.45) is 4.63. The molecule has 4 heteroatoms. The highest BCUT2D eigenvalue weighted by atomic mass is 16.5. The van der Waals surface area contributed by atoms with Crippen molar-refractivity contribution >= 4 is 5.91 Å². The summed E-state index contributed by atoms with van der Waals surface area (Å²) in [6.45, 7) is 0. The summed E-state index contributed by atoms with van der Waals surface area (Å²) in [5, 5.41) is 6.55. The molecule has 1 N–H and O–H groups in total. The number of rotatable bonds is 2. The van der Waals surface area contributed by atoms with Crippen LogP contribution in [0.3, 0.4) is 0 Å². The lowest BCUT2D eigenvalue weighted by Gasteiger charge is -2.25. The molecular weight excluding hydrogens is 228 g/mol. The van der Waals surface area contributed by atoms with E-state index in [1.807, 2.05) is 12.1 Å². The predicted octanol–water partition coefficient (Wildman–Crippen LogP) is 2.48. The molecule has 3 rings (SSSR count). The van der Waals surface area contributed by atoms with Crippen molar-refractivity contribution in [1.82, 2.24) is 10.5 Å². The zero-order valence-corrected chi connectivity index (χ0v) is 9.93. The van der Waals surface area contributed by atoms with E-state index in [2.05, 4.69) is 22.6 Å². The van der Waals surface area contributed by atoms with Crippen molar-refractivity contribution < 1.29 is 9.32 Å². The van der Waals surface area contributed by atoms with Crippen LogP contribution in [0.4, 0.5) is 0 Å². The summed E-state index contributed by atoms with van der Waals surface area (Å²) >= 11 is 0. The fourth-order valence-corrected chi connectivity index (χ4v) is 2.47. The molecule has 0 saturated carbocycles. The molecule has 0 aliphatic heterocycles. The highest BCUT2D eigenvalue weighted by Gasteiger charge is 2.22. The van der Waals surface area contributed by atoms with E-state index in [0.717, 1.165) is 19.3 Å². The number of aromatic nitrogens is 1. The van der Waals surface area contributed by atoms with E-state index in [1.54, 1.807) is 6.07 Å². The summed E-state index contributed by atoms with van der Waals surface area (Å²) in [6, 6.07) is 9.91. The van der Waals surface area contributed by atoms with Gasteiger partial charge in [-0.25, -0.2) is 0 Å². The molecule has 0 fully saturated rings. The van der Waals surface area contributed by atoms with Crippen molar-refractivity contribution in [3.8, 4) is 0 Å². The van der Waals surface area contributed by atoms with Gasteiger partial charge in [0.2, 0.25) is 5.76 Å². The van der Waals surface area contributed by atoms with E-state index in [1.165, 1.54) is 17.3 Å². The molecule has 92 valence electrons. The van der Waals surface area contributed by atoms with Gasteiger partial charge >= 0.3 is 0 Å². The molecule has 0 saturated heterocycles. The van der Waals surface area contributed by atoms with Crippen molar-refractivity contribution in [1.29, 1.82) is 0 Å². The van der Waals surface area contributed by atoms with Gasteiger partial charge in [0, 0.05) is 6.07 Å². The maximum atomic E-state index is 11.9. The third kappa shape index (κ3) is 2.01. The molecule has 4 nitrogen and oxygen atoms in total. The van der Waals surface area contributed by atoms with Crippen molar-refractivity contribution in [2.75, 3.05) is 0 Å². The lowest BCUT2D eigenvalue weighted by Crippen LogP contribution is -2.30. The minimum Gasteiger partial charge on any atom is -0.351 e. The second-order valence-electron chi connectivity index (χ2n) is 4.49. The Morgan fingerprint density at radius 1 is 1.33 bits per heavy atom. The number of aryl methyl sites for hydroxylation is 1. The monoisotopic (exact) mass is 242 g/mol. The number of fused-ring (bicyclic) bond motifs is 1. The Bertz CT molecular complexity index is 549. The molecule has 0 unspecified atom stereocenters. The quantitative estimate of drug-likeness (QED) is 0.880. The standard InChI is InChI=1S/C14H14N2O2/c17-14(13-8-9-15-18-13)16-12-7-3-5-10-4-1-2-6-11(10)12/h1-2,4,6,8-9,12H,3,5,7H2,(H,16,17)/t12-/m1/s1. The van der Waals surface area contributed by atoms with E-state index in [0.29, 0.717) is 0 Å². The largest absolute Gasteiger partial charge is 0.351 e. The first kappa shape index (κ1) is 11.0. The van der Waals surface area contributed by atoms with Crippen LogP contribution in [-0.4, -0.2) is 11.1 Å². The van der Waals surface area contributed by atoms with Crippen LogP contribution >= 0.6 is 0 Å². The third-order valence-electron chi connectivity index (χ3n) is 3.34. The van der Waals surface area contributed by atoms with Crippen LogP contribution in [-0.2, 0) is 6.42 Å². The number of nitrogens with zero attached hydrogens (tertiary/aromatic N) is 1. The Kier molecular flexibility index (Phi) is 2.84. The lowest BCUT2D eigenvalue weighted by atomic mass is 9.88. The number of carbonyl (C=O) groups is 1. The Morgan fingerprint density at radius 3 is 3.06 bits per heavy atom. The Balaban J connectivity index is 1.80. The fraction of sp³-hybridized carbons (Fsp3) is 0.286. The van der Waals surface area contributed by atoms with Crippen LogP contribution in [0.15, 0.2) is 41.1 Å². The highest BCUT2D eigenvalue weighted by Crippen LogP contribution is 2.29. The first-order valence-electron chi connectivity index (χ1n) is 6.14. The molecule has 1 aliphatic rings. The number of hydrogen-bond acceptors (Lipinski definition) is 3. The van der Waals surface area contributed by atoms with Crippen LogP contribution in [0.1, 0.15) is 40.6 Å². The number of amides is 1. The van der Waals surface area contributed by atoms with Gasteiger partial charge in [0.25, 0.3) is 5.91 Å². The maximum absolute atomic E-state index is 11.9. The molecule has 0 bridgehead atoms. The smallest absolute Gasteiger partial charge is 0.290 e. The second-order valence-corrected chi connectivity index (χ2v) is 4.49. The van der Waals surface area contributed by atoms with Gasteiger partial charge in [0.15, 0.2) is 0 Å². The molecule has 1 aromatic carbocycles. The van der Waals surface area contributed by atoms with Gasteiger partial charge in [-0.05, 0) is 30.4 Å². The van der Waals surface area contributed by atoms with Crippen LogP contribution in [0.5, 0.6) is 0 Å². The molecule has 1 atom stereocenters. The van der Waals surface area contributed by atoms with Crippen molar-refractivity contribution in [3.05, 3.63) is 53.4 Å². The molecule has 1 aromatic heterocycles. The summed E-state index contributed by atoms with van der Waals surface area (Å²) in [7, 11) is 0. The molecule has 0 radical (unpaired) electrons. The first-order valence-corrected chi connectivity index (χ1v) is 6.14. The van der Waals surface area contributed by atoms with Crippen LogP contribution in [0, 0.1) is 0 Å². The van der Waals surface area contributed by atoms with Crippen molar-refractivity contribution in [3.63, 3.8) is 0 Å². The maximum Gasteiger partial charge on any atom is 0.290 e. The van der Waals surface area contributed by atoms with Gasteiger partial charge in [0.05, 0.1) is 12.2 Å². The van der Waals surface area contributed by atoms with Gasteiger partial charge in [-0.3, -0.25) is 4.79 Å². The molecule has 1 amide bonds. The molecular formula is C14H14N2O2. The zero-order chi connectivity index (χ0) is 12.4. The Labute approximate surface area is 105 Å². The van der Waals surface area contributed by atoms with E-state index >= 15 is 0 Å². The summed E-state index contributed by atoms with van der Waals surface area (Å²) in [4.78, 5) is 11.9. The summed E-state index contributed by atoms with van der Waals surface area (Å²) < 4.78 is 4.86. The van der Waals surface area contributed by atoms with Gasteiger partial charge < -0.3 is 9.84 Å². The van der Waals surface area contributed by atoms with Crippen LogP contribution < -0.4 is 5.32 Å². The van der Waals surface area contributed by atoms with Gasteiger partial charge in [0.1, 0.15) is 0 Å². The molecule has 1 aliphatic carbocycles. The molecule has 1 heterocycles. The fourth-order valence-electron chi connectivity index (χ4n) is 2.47. The second kappa shape index (κ2) is 4.64. The SMILES string of the molecule is O=C(N[C@@H]1CCCc2ccccc21)c1ccno1. The van der Waals surface area contributed by atoms with E-state index in [9.17, 15) is 4.79 Å². The minimum atomic E-state index is -0.200. The lowest BCUT2D eigenvalue weighted by molar-refractivity contribution is 0.0895. The third-order valence-corrected chi connectivity index (χ3v) is 3.34. The molecule has 2 aromatic rings. The number of carbonyl (C=O) groups excluding carboxylic acids is 1. The number of nitrogens with one attached hydrogen (secondary N) is 1. The molecule has 18 heavy (non-hydrogen) atoms. The zero-order valence-electron chi connectivity index (χ0n) is 9.93. The minimum absolute atomic E-state index is 0.0764. The average Bonchev–Trinajstić information content (AvgIpc) is 2.93. The van der Waals surface area contributed by atoms with E-state index in [4.69, 9.17) is 4.52 Å². The molecule has 0 spiro atoms. The topological polar surface area (TPSA) is 55.1 Å². The van der Waals surface area contributed by atoms with Crippen molar-refractivity contribution in [2.24, 2.45) is 0 Å². The summed E-state index contributed by atoms with van der Waals surface area (Å²) in [5.41, 5.74) is 2.54. The summed E-state index contributed by atoms with van der Waals surface area (Å²) in [5.74, 6) is 0.0623. The van der Waals surface area contributed by atoms with E-state index in [-0.39, 0.29) is 17.7 Å². The number of hydrogen-bond donors (Lipinski definition) is 1. The van der Waals surface area contributed by atoms with Crippen molar-refractivity contribution in [2.45, 2.75) is 25.3 Å². The average molecular weight is 242 g/mol. The first-order chi connectivity index (χ1) is 8.84. The van der Waals surface area contributed by atoms with Gasteiger partial charge in [-0.2, -0.15) is 0 Å². The van der Waals surface area contributed by atoms with Crippen LogP contribution in [0.2, 0.25) is 0 Å². The highest BCUT2D eigenvalue weighted by molar-refractivity contribution is 5.91. The van der Waals surface area contributed by atoms with E-state index < -0.39 is 0 Å². The normalized spacial score (nSPS) is 18.1.